The molecule has 0 amide bonds. The van der Waals surface area contributed by atoms with E-state index in [2.05, 4.69) is 10.3 Å². The molecular weight excluding hydrogens is 367 g/mol. The first kappa shape index (κ1) is 18.0. The van der Waals surface area contributed by atoms with Crippen molar-refractivity contribution in [3.63, 3.8) is 0 Å². The summed E-state index contributed by atoms with van der Waals surface area (Å²) in [6, 6.07) is 8.64. The monoisotopic (exact) mass is 383 g/mol. The highest BCUT2D eigenvalue weighted by molar-refractivity contribution is 6.39. The van der Waals surface area contributed by atoms with Gasteiger partial charge in [0.2, 0.25) is 0 Å². The van der Waals surface area contributed by atoms with Gasteiger partial charge in [-0.15, -0.1) is 0 Å². The molecule has 1 aromatic carbocycles. The molecule has 0 saturated carbocycles. The summed E-state index contributed by atoms with van der Waals surface area (Å²) in [7, 11) is 0. The van der Waals surface area contributed by atoms with E-state index in [1.807, 2.05) is 0 Å². The molecule has 0 aliphatic heterocycles. The molecule has 1 N–H and O–H groups in total. The second-order valence-corrected chi connectivity index (χ2v) is 6.99. The van der Waals surface area contributed by atoms with Crippen molar-refractivity contribution >= 4 is 45.6 Å². The van der Waals surface area contributed by atoms with E-state index in [1.54, 1.807) is 42.7 Å². The lowest BCUT2D eigenvalue weighted by Gasteiger charge is -2.21. The van der Waals surface area contributed by atoms with Crippen molar-refractivity contribution < 1.29 is 8.78 Å². The fourth-order valence-electron chi connectivity index (χ4n) is 2.51. The van der Waals surface area contributed by atoms with Gasteiger partial charge >= 0.3 is 0 Å². The smallest absolute Gasteiger partial charge is 0.267 e. The van der Waals surface area contributed by atoms with Gasteiger partial charge in [-0.05, 0) is 24.3 Å². The molecule has 0 fully saturated rings. The standard InChI is InChI=1S/C18H17Cl2F2N3/c1-11(2)18(21,22)10-25-9-7-12-15(25)6-8-23-17(12)24-16-13(19)4-3-5-14(16)20/h3-9,11H,10H2,1-2H3,(H,23,24). The first-order valence-corrected chi connectivity index (χ1v) is 8.58. The average molecular weight is 384 g/mol. The van der Waals surface area contributed by atoms with Crippen molar-refractivity contribution in [2.45, 2.75) is 26.3 Å². The van der Waals surface area contributed by atoms with E-state index in [-0.39, 0.29) is 6.54 Å². The van der Waals surface area contributed by atoms with Crippen LogP contribution in [0.2, 0.25) is 10.0 Å². The molecule has 3 aromatic rings. The lowest BCUT2D eigenvalue weighted by molar-refractivity contribution is -0.0587. The van der Waals surface area contributed by atoms with E-state index in [9.17, 15) is 8.78 Å². The number of pyridine rings is 1. The van der Waals surface area contributed by atoms with E-state index in [0.717, 1.165) is 5.39 Å². The van der Waals surface area contributed by atoms with Crippen molar-refractivity contribution in [3.8, 4) is 0 Å². The number of hydrogen-bond acceptors (Lipinski definition) is 2. The minimum Gasteiger partial charge on any atom is -0.341 e. The van der Waals surface area contributed by atoms with Crippen LogP contribution in [0, 0.1) is 5.92 Å². The number of nitrogens with one attached hydrogen (secondary N) is 1. The fraction of sp³-hybridized carbons (Fsp3) is 0.278. The Morgan fingerprint density at radius 3 is 2.48 bits per heavy atom. The zero-order valence-corrected chi connectivity index (χ0v) is 15.2. The normalized spacial score (nSPS) is 12.1. The lowest BCUT2D eigenvalue weighted by atomic mass is 10.1. The van der Waals surface area contributed by atoms with Crippen LogP contribution in [0.3, 0.4) is 0 Å². The highest BCUT2D eigenvalue weighted by Crippen LogP contribution is 2.35. The van der Waals surface area contributed by atoms with Gasteiger partial charge in [0.25, 0.3) is 5.92 Å². The Bertz CT molecular complexity index is 886. The second kappa shape index (κ2) is 6.81. The Kier molecular flexibility index (Phi) is 4.89. The predicted molar refractivity (Wildman–Crippen MR) is 99.3 cm³/mol. The topological polar surface area (TPSA) is 29.9 Å². The third kappa shape index (κ3) is 3.58. The zero-order chi connectivity index (χ0) is 18.2. The Labute approximate surface area is 154 Å². The van der Waals surface area contributed by atoms with Crippen LogP contribution >= 0.6 is 23.2 Å². The van der Waals surface area contributed by atoms with Crippen LogP contribution in [-0.4, -0.2) is 15.5 Å². The van der Waals surface area contributed by atoms with Gasteiger partial charge in [0.15, 0.2) is 0 Å². The quantitative estimate of drug-likeness (QED) is 0.553. The van der Waals surface area contributed by atoms with Gasteiger partial charge in [-0.2, -0.15) is 0 Å². The summed E-state index contributed by atoms with van der Waals surface area (Å²) in [6.07, 6.45) is 3.21. The van der Waals surface area contributed by atoms with Gasteiger partial charge in [-0.3, -0.25) is 0 Å². The van der Waals surface area contributed by atoms with Crippen molar-refractivity contribution in [1.29, 1.82) is 0 Å². The summed E-state index contributed by atoms with van der Waals surface area (Å²) in [5.41, 5.74) is 1.20. The summed E-state index contributed by atoms with van der Waals surface area (Å²) in [5.74, 6) is -3.03. The number of anilines is 2. The van der Waals surface area contributed by atoms with E-state index in [4.69, 9.17) is 23.2 Å². The number of fused-ring (bicyclic) bond motifs is 1. The SMILES string of the molecule is CC(C)C(F)(F)Cn1ccc2c(Nc3c(Cl)cccc3Cl)nccc21. The molecule has 0 aliphatic carbocycles. The Hall–Kier alpha value is -1.85. The Morgan fingerprint density at radius 2 is 1.84 bits per heavy atom. The number of aromatic nitrogens is 2. The number of hydrogen-bond donors (Lipinski definition) is 1. The third-order valence-electron chi connectivity index (χ3n) is 4.13. The van der Waals surface area contributed by atoms with Crippen LogP contribution in [0.15, 0.2) is 42.7 Å². The highest BCUT2D eigenvalue weighted by atomic mass is 35.5. The van der Waals surface area contributed by atoms with Crippen LogP contribution < -0.4 is 5.32 Å². The number of halogens is 4. The summed E-state index contributed by atoms with van der Waals surface area (Å²) in [6.45, 7) is 2.64. The minimum atomic E-state index is -2.80. The lowest BCUT2D eigenvalue weighted by Crippen LogP contribution is -2.29. The molecule has 0 unspecified atom stereocenters. The predicted octanol–water partition coefficient (Wildman–Crippen LogP) is 6.38. The first-order chi connectivity index (χ1) is 11.8. The van der Waals surface area contributed by atoms with Crippen LogP contribution in [0.25, 0.3) is 10.9 Å². The van der Waals surface area contributed by atoms with Gasteiger partial charge < -0.3 is 9.88 Å². The molecule has 25 heavy (non-hydrogen) atoms. The van der Waals surface area contributed by atoms with Crippen LogP contribution in [-0.2, 0) is 6.54 Å². The number of nitrogens with zero attached hydrogens (tertiary/aromatic N) is 2. The third-order valence-corrected chi connectivity index (χ3v) is 4.76. The maximum atomic E-state index is 14.1. The van der Waals surface area contributed by atoms with Crippen molar-refractivity contribution in [2.75, 3.05) is 5.32 Å². The minimum absolute atomic E-state index is 0.384. The fourth-order valence-corrected chi connectivity index (χ4v) is 3.00. The van der Waals surface area contributed by atoms with Crippen molar-refractivity contribution in [2.24, 2.45) is 5.92 Å². The maximum absolute atomic E-state index is 14.1. The molecule has 0 radical (unpaired) electrons. The molecule has 0 bridgehead atoms. The molecular formula is C18H17Cl2F2N3. The molecule has 2 aromatic heterocycles. The van der Waals surface area contributed by atoms with E-state index < -0.39 is 11.8 Å². The molecule has 0 atom stereocenters. The van der Waals surface area contributed by atoms with E-state index >= 15 is 0 Å². The largest absolute Gasteiger partial charge is 0.341 e. The molecule has 132 valence electrons. The zero-order valence-electron chi connectivity index (χ0n) is 13.7. The molecule has 0 aliphatic rings. The second-order valence-electron chi connectivity index (χ2n) is 6.17. The molecule has 2 heterocycles. The van der Waals surface area contributed by atoms with Crippen molar-refractivity contribution in [3.05, 3.63) is 52.8 Å². The summed E-state index contributed by atoms with van der Waals surface area (Å²) >= 11 is 12.4. The van der Waals surface area contributed by atoms with Gasteiger partial charge in [-0.25, -0.2) is 13.8 Å². The first-order valence-electron chi connectivity index (χ1n) is 7.82. The summed E-state index contributed by atoms with van der Waals surface area (Å²) in [4.78, 5) is 4.30. The Balaban J connectivity index is 1.99. The Morgan fingerprint density at radius 1 is 1.16 bits per heavy atom. The molecule has 7 heteroatoms. The average Bonchev–Trinajstić information content (AvgIpc) is 2.94. The number of alkyl halides is 2. The number of para-hydroxylation sites is 1. The van der Waals surface area contributed by atoms with Crippen molar-refractivity contribution in [1.82, 2.24) is 9.55 Å². The van der Waals surface area contributed by atoms with E-state index in [0.29, 0.717) is 27.1 Å². The number of rotatable bonds is 5. The molecule has 3 rings (SSSR count). The van der Waals surface area contributed by atoms with Crippen LogP contribution in [0.5, 0.6) is 0 Å². The summed E-state index contributed by atoms with van der Waals surface area (Å²) < 4.78 is 29.7. The number of benzene rings is 1. The van der Waals surface area contributed by atoms with Gasteiger partial charge in [0.1, 0.15) is 5.82 Å². The van der Waals surface area contributed by atoms with Gasteiger partial charge in [0, 0.05) is 23.7 Å². The highest BCUT2D eigenvalue weighted by Gasteiger charge is 2.34. The van der Waals surface area contributed by atoms with Gasteiger partial charge in [0.05, 0.1) is 27.8 Å². The van der Waals surface area contributed by atoms with E-state index in [1.165, 1.54) is 18.4 Å². The van der Waals surface area contributed by atoms with Crippen LogP contribution in [0.4, 0.5) is 20.3 Å². The summed E-state index contributed by atoms with van der Waals surface area (Å²) in [5, 5.41) is 4.74. The molecule has 3 nitrogen and oxygen atoms in total. The van der Waals surface area contributed by atoms with Gasteiger partial charge in [-0.1, -0.05) is 43.1 Å². The molecule has 0 spiro atoms. The maximum Gasteiger partial charge on any atom is 0.267 e. The molecule has 0 saturated heterocycles. The van der Waals surface area contributed by atoms with Crippen LogP contribution in [0.1, 0.15) is 13.8 Å².